The molecule has 0 atom stereocenters. The van der Waals surface area contributed by atoms with E-state index in [1.54, 1.807) is 0 Å². The molecule has 5 aromatic carbocycles. The highest BCUT2D eigenvalue weighted by atomic mass is 16.3. The summed E-state index contributed by atoms with van der Waals surface area (Å²) in [5, 5.41) is 19.0. The van der Waals surface area contributed by atoms with E-state index in [1.807, 2.05) is 48.5 Å². The molecule has 0 spiro atoms. The van der Waals surface area contributed by atoms with E-state index >= 15 is 0 Å². The van der Waals surface area contributed by atoms with Crippen molar-refractivity contribution in [1.29, 1.82) is 0 Å². The van der Waals surface area contributed by atoms with E-state index in [0.717, 1.165) is 45.3 Å². The number of aryl methyl sites for hydroxylation is 2. The first-order chi connectivity index (χ1) is 18.6. The number of hydrogen-bond acceptors (Lipinski definition) is 4. The van der Waals surface area contributed by atoms with E-state index in [4.69, 9.17) is 0 Å². The summed E-state index contributed by atoms with van der Waals surface area (Å²) in [5.41, 5.74) is 10.4. The van der Waals surface area contributed by atoms with Gasteiger partial charge < -0.3 is 20.0 Å². The fourth-order valence-electron chi connectivity index (χ4n) is 4.53. The Hall–Kier alpha value is -4.38. The largest absolute Gasteiger partial charge is 0.392 e. The number of aliphatic hydroxyl groups is 2. The molecular weight excluding hydrogens is 468 g/mol. The SMILES string of the molecule is Cc1ccc(N(c2ccc(CO)cc2)c2ccc(N(c3ccc(C)cc3)c3ccc(CO)cc3)cc2)cc1. The molecule has 0 saturated carbocycles. The van der Waals surface area contributed by atoms with Gasteiger partial charge >= 0.3 is 0 Å². The van der Waals surface area contributed by atoms with Crippen molar-refractivity contribution in [2.24, 2.45) is 0 Å². The van der Waals surface area contributed by atoms with Crippen LogP contribution in [0.15, 0.2) is 121 Å². The van der Waals surface area contributed by atoms with E-state index in [2.05, 4.69) is 96.4 Å². The second-order valence-corrected chi connectivity index (χ2v) is 9.51. The number of rotatable bonds is 8. The summed E-state index contributed by atoms with van der Waals surface area (Å²) in [6.45, 7) is 4.22. The van der Waals surface area contributed by atoms with Crippen LogP contribution in [-0.2, 0) is 13.2 Å². The van der Waals surface area contributed by atoms with Crippen LogP contribution >= 0.6 is 0 Å². The fourth-order valence-corrected chi connectivity index (χ4v) is 4.53. The summed E-state index contributed by atoms with van der Waals surface area (Å²) < 4.78 is 0. The molecule has 0 aliphatic carbocycles. The van der Waals surface area contributed by atoms with E-state index < -0.39 is 0 Å². The van der Waals surface area contributed by atoms with Crippen molar-refractivity contribution in [3.05, 3.63) is 144 Å². The van der Waals surface area contributed by atoms with Gasteiger partial charge in [-0.05, 0) is 97.8 Å². The maximum Gasteiger partial charge on any atom is 0.0681 e. The number of nitrogens with zero attached hydrogens (tertiary/aromatic N) is 2. The highest BCUT2D eigenvalue weighted by Crippen LogP contribution is 2.39. The second-order valence-electron chi connectivity index (χ2n) is 9.51. The average molecular weight is 501 g/mol. The van der Waals surface area contributed by atoms with Gasteiger partial charge in [-0.1, -0.05) is 59.7 Å². The minimum atomic E-state index is 0.0215. The molecule has 0 amide bonds. The summed E-state index contributed by atoms with van der Waals surface area (Å²) >= 11 is 0. The van der Waals surface area contributed by atoms with Gasteiger partial charge in [0.25, 0.3) is 0 Å². The number of benzene rings is 5. The van der Waals surface area contributed by atoms with Crippen LogP contribution in [-0.4, -0.2) is 10.2 Å². The van der Waals surface area contributed by atoms with Crippen LogP contribution in [0, 0.1) is 13.8 Å². The van der Waals surface area contributed by atoms with Gasteiger partial charge in [-0.2, -0.15) is 0 Å². The van der Waals surface area contributed by atoms with Gasteiger partial charge in [-0.15, -0.1) is 0 Å². The zero-order valence-electron chi connectivity index (χ0n) is 21.8. The lowest BCUT2D eigenvalue weighted by Gasteiger charge is -2.28. The third-order valence-corrected chi connectivity index (χ3v) is 6.70. The van der Waals surface area contributed by atoms with Gasteiger partial charge in [0.15, 0.2) is 0 Å². The Balaban J connectivity index is 1.56. The Labute approximate surface area is 224 Å². The Kier molecular flexibility index (Phi) is 7.55. The molecule has 5 aromatic rings. The van der Waals surface area contributed by atoms with Gasteiger partial charge in [0.05, 0.1) is 13.2 Å². The Morgan fingerprint density at radius 1 is 0.368 bits per heavy atom. The molecule has 190 valence electrons. The minimum absolute atomic E-state index is 0.0215. The quantitative estimate of drug-likeness (QED) is 0.225. The first-order valence-corrected chi connectivity index (χ1v) is 12.8. The predicted molar refractivity (Wildman–Crippen MR) is 157 cm³/mol. The summed E-state index contributed by atoms with van der Waals surface area (Å²) in [4.78, 5) is 4.44. The molecule has 0 aliphatic heterocycles. The van der Waals surface area contributed by atoms with Crippen LogP contribution in [0.3, 0.4) is 0 Å². The molecule has 0 radical (unpaired) electrons. The number of anilines is 6. The average Bonchev–Trinajstić information content (AvgIpc) is 2.97. The lowest BCUT2D eigenvalue weighted by Crippen LogP contribution is -2.12. The number of aliphatic hydroxyl groups excluding tert-OH is 2. The van der Waals surface area contributed by atoms with Crippen LogP contribution in [0.2, 0.25) is 0 Å². The minimum Gasteiger partial charge on any atom is -0.392 e. The van der Waals surface area contributed by atoms with Crippen LogP contribution in [0.5, 0.6) is 0 Å². The smallest absolute Gasteiger partial charge is 0.0681 e. The topological polar surface area (TPSA) is 46.9 Å². The van der Waals surface area contributed by atoms with Crippen molar-refractivity contribution < 1.29 is 10.2 Å². The van der Waals surface area contributed by atoms with E-state index in [0.29, 0.717) is 0 Å². The summed E-state index contributed by atoms with van der Waals surface area (Å²) in [6, 6.07) is 41.5. The molecular formula is C34H32N2O2. The fraction of sp³-hybridized carbons (Fsp3) is 0.118. The maximum atomic E-state index is 9.52. The molecule has 4 heteroatoms. The standard InChI is InChI=1S/C34H32N2O2/c1-25-3-11-29(12-4-25)35(31-15-7-27(23-37)8-16-31)33-19-21-34(22-20-33)36(30-13-5-26(2)6-14-30)32-17-9-28(24-38)10-18-32/h3-22,37-38H,23-24H2,1-2H3. The van der Waals surface area contributed by atoms with Crippen LogP contribution in [0.25, 0.3) is 0 Å². The van der Waals surface area contributed by atoms with Crippen molar-refractivity contribution in [2.75, 3.05) is 9.80 Å². The lowest BCUT2D eigenvalue weighted by molar-refractivity contribution is 0.281. The Morgan fingerprint density at radius 2 is 0.579 bits per heavy atom. The molecule has 0 heterocycles. The lowest BCUT2D eigenvalue weighted by atomic mass is 10.1. The Bertz CT molecular complexity index is 1340. The number of hydrogen-bond donors (Lipinski definition) is 2. The van der Waals surface area contributed by atoms with Crippen molar-refractivity contribution in [2.45, 2.75) is 27.1 Å². The van der Waals surface area contributed by atoms with E-state index in [9.17, 15) is 10.2 Å². The maximum absolute atomic E-state index is 9.52. The van der Waals surface area contributed by atoms with Gasteiger partial charge in [-0.3, -0.25) is 0 Å². The van der Waals surface area contributed by atoms with Crippen molar-refractivity contribution >= 4 is 34.1 Å². The molecule has 4 nitrogen and oxygen atoms in total. The zero-order chi connectivity index (χ0) is 26.5. The zero-order valence-corrected chi connectivity index (χ0v) is 21.8. The summed E-state index contributed by atoms with van der Waals surface area (Å²) in [7, 11) is 0. The van der Waals surface area contributed by atoms with Crippen LogP contribution in [0.1, 0.15) is 22.3 Å². The summed E-state index contributed by atoms with van der Waals surface area (Å²) in [5.74, 6) is 0. The molecule has 0 aliphatic rings. The Morgan fingerprint density at radius 3 is 0.816 bits per heavy atom. The highest BCUT2D eigenvalue weighted by Gasteiger charge is 2.16. The van der Waals surface area contributed by atoms with Gasteiger partial charge in [0, 0.05) is 34.1 Å². The van der Waals surface area contributed by atoms with Gasteiger partial charge in [0.2, 0.25) is 0 Å². The third kappa shape index (κ3) is 5.47. The summed E-state index contributed by atoms with van der Waals surface area (Å²) in [6.07, 6.45) is 0. The molecule has 5 rings (SSSR count). The van der Waals surface area contributed by atoms with Gasteiger partial charge in [0.1, 0.15) is 0 Å². The first kappa shape index (κ1) is 25.3. The molecule has 2 N–H and O–H groups in total. The third-order valence-electron chi connectivity index (χ3n) is 6.70. The molecule has 0 unspecified atom stereocenters. The van der Waals surface area contributed by atoms with Crippen LogP contribution < -0.4 is 9.80 Å². The van der Waals surface area contributed by atoms with E-state index in [1.165, 1.54) is 11.1 Å². The molecule has 0 bridgehead atoms. The highest BCUT2D eigenvalue weighted by molar-refractivity contribution is 5.81. The second kappa shape index (κ2) is 11.3. The van der Waals surface area contributed by atoms with Crippen LogP contribution in [0.4, 0.5) is 34.1 Å². The monoisotopic (exact) mass is 500 g/mol. The van der Waals surface area contributed by atoms with E-state index in [-0.39, 0.29) is 13.2 Å². The normalized spacial score (nSPS) is 10.8. The van der Waals surface area contributed by atoms with Crippen molar-refractivity contribution in [3.63, 3.8) is 0 Å². The predicted octanol–water partition coefficient (Wildman–Crippen LogP) is 8.23. The first-order valence-electron chi connectivity index (χ1n) is 12.8. The molecule has 38 heavy (non-hydrogen) atoms. The molecule has 0 fully saturated rings. The molecule has 0 saturated heterocycles. The van der Waals surface area contributed by atoms with Gasteiger partial charge in [-0.25, -0.2) is 0 Å². The van der Waals surface area contributed by atoms with Crippen molar-refractivity contribution in [3.8, 4) is 0 Å². The van der Waals surface area contributed by atoms with Crippen molar-refractivity contribution in [1.82, 2.24) is 0 Å². The molecule has 0 aromatic heterocycles.